The van der Waals surface area contributed by atoms with Gasteiger partial charge in [-0.15, -0.1) is 0 Å². The molecule has 1 atom stereocenters. The third kappa shape index (κ3) is 4.10. The lowest BCUT2D eigenvalue weighted by Crippen LogP contribution is -2.43. The molecule has 1 aliphatic heterocycles. The Labute approximate surface area is 203 Å². The fourth-order valence-electron chi connectivity index (χ4n) is 4.08. The summed E-state index contributed by atoms with van der Waals surface area (Å²) in [7, 11) is -0.731. The van der Waals surface area contributed by atoms with Crippen LogP contribution in [0.1, 0.15) is 46.0 Å². The molecule has 0 N–H and O–H groups in total. The van der Waals surface area contributed by atoms with Crippen LogP contribution in [0.4, 0.5) is 0 Å². The van der Waals surface area contributed by atoms with E-state index in [2.05, 4.69) is 4.98 Å². The number of imide groups is 1. The lowest BCUT2D eigenvalue weighted by molar-refractivity contribution is -0.149. The number of hydrogen-bond acceptors (Lipinski definition) is 7. The fraction of sp³-hybridized carbons (Fsp3) is 0.333. The number of sulfonamides is 1. The fourth-order valence-corrected chi connectivity index (χ4v) is 5.00. The monoisotopic (exact) mass is 498 g/mol. The van der Waals surface area contributed by atoms with E-state index >= 15 is 0 Å². The van der Waals surface area contributed by atoms with Gasteiger partial charge in [0, 0.05) is 20.6 Å². The van der Waals surface area contributed by atoms with Crippen molar-refractivity contribution in [2.45, 2.75) is 44.9 Å². The maximum atomic E-state index is 12.8. The summed E-state index contributed by atoms with van der Waals surface area (Å²) < 4.78 is 33.3. The minimum absolute atomic E-state index is 0.105. The number of carbonyl (C=O) groups is 3. The van der Waals surface area contributed by atoms with Crippen LogP contribution in [-0.2, 0) is 32.7 Å². The first-order valence-corrected chi connectivity index (χ1v) is 12.5. The molecule has 2 amide bonds. The van der Waals surface area contributed by atoms with Crippen molar-refractivity contribution in [1.29, 1.82) is 0 Å². The lowest BCUT2D eigenvalue weighted by atomic mass is 10.1. The first kappa shape index (κ1) is 24.6. The van der Waals surface area contributed by atoms with Crippen LogP contribution in [0.15, 0.2) is 41.3 Å². The molecular formula is C24H26N4O6S. The zero-order chi connectivity index (χ0) is 25.7. The van der Waals surface area contributed by atoms with E-state index in [9.17, 15) is 22.8 Å². The third-order valence-electron chi connectivity index (χ3n) is 6.04. The Balaban J connectivity index is 1.54. The molecule has 0 unspecified atom stereocenters. The minimum Gasteiger partial charge on any atom is -0.456 e. The smallest absolute Gasteiger partial charge is 0.329 e. The van der Waals surface area contributed by atoms with Gasteiger partial charge in [-0.2, -0.15) is 0 Å². The predicted molar refractivity (Wildman–Crippen MR) is 127 cm³/mol. The highest BCUT2D eigenvalue weighted by Gasteiger charge is 2.41. The van der Waals surface area contributed by atoms with E-state index < -0.39 is 33.8 Å². The number of ether oxygens (including phenoxy) is 1. The van der Waals surface area contributed by atoms with E-state index in [1.165, 1.54) is 33.2 Å². The number of aromatic nitrogens is 2. The molecule has 0 spiro atoms. The summed E-state index contributed by atoms with van der Waals surface area (Å²) >= 11 is 0. The summed E-state index contributed by atoms with van der Waals surface area (Å²) in [5.41, 5.74) is 2.51. The van der Waals surface area contributed by atoms with E-state index in [0.29, 0.717) is 23.4 Å². The second-order valence-electron chi connectivity index (χ2n) is 8.52. The highest BCUT2D eigenvalue weighted by atomic mass is 32.2. The van der Waals surface area contributed by atoms with Gasteiger partial charge in [0.1, 0.15) is 18.5 Å². The normalized spacial score (nSPS) is 14.6. The summed E-state index contributed by atoms with van der Waals surface area (Å²) in [4.78, 5) is 43.8. The minimum atomic E-state index is -3.63. The van der Waals surface area contributed by atoms with Gasteiger partial charge in [-0.1, -0.05) is 11.6 Å². The Hall–Kier alpha value is -3.57. The van der Waals surface area contributed by atoms with Gasteiger partial charge >= 0.3 is 5.97 Å². The zero-order valence-electron chi connectivity index (χ0n) is 20.1. The Morgan fingerprint density at radius 3 is 2.43 bits per heavy atom. The Morgan fingerprint density at radius 1 is 1.09 bits per heavy atom. The van der Waals surface area contributed by atoms with Crippen LogP contribution >= 0.6 is 0 Å². The standard InChI is InChI=1S/C24H26N4O6S/c1-6-27-20-10-8-16(35(32,33)26(4)5)12-19(20)25-21(27)13-34-24(31)15(3)28-22(29)17-9-7-14(2)11-18(17)23(28)30/h7-12,15H,6,13H2,1-5H3/t15-/m1/s1. The molecule has 1 aliphatic rings. The average Bonchev–Trinajstić information content (AvgIpc) is 3.29. The van der Waals surface area contributed by atoms with E-state index in [0.717, 1.165) is 14.8 Å². The van der Waals surface area contributed by atoms with Gasteiger partial charge < -0.3 is 9.30 Å². The highest BCUT2D eigenvalue weighted by Crippen LogP contribution is 2.27. The lowest BCUT2D eigenvalue weighted by Gasteiger charge is -2.20. The number of imidazole rings is 1. The molecule has 35 heavy (non-hydrogen) atoms. The van der Waals surface area contributed by atoms with Crippen LogP contribution in [0.2, 0.25) is 0 Å². The van der Waals surface area contributed by atoms with Crippen LogP contribution in [0.5, 0.6) is 0 Å². The number of hydrogen-bond donors (Lipinski definition) is 0. The van der Waals surface area contributed by atoms with Crippen molar-refractivity contribution in [3.8, 4) is 0 Å². The van der Waals surface area contributed by atoms with Crippen molar-refractivity contribution in [3.05, 3.63) is 58.9 Å². The summed E-state index contributed by atoms with van der Waals surface area (Å²) in [5.74, 6) is -1.40. The molecule has 0 bridgehead atoms. The molecule has 0 aliphatic carbocycles. The summed E-state index contributed by atoms with van der Waals surface area (Å²) in [5, 5.41) is 0. The summed E-state index contributed by atoms with van der Waals surface area (Å²) in [6.07, 6.45) is 0. The molecule has 4 rings (SSSR count). The van der Waals surface area contributed by atoms with Gasteiger partial charge in [-0.25, -0.2) is 22.5 Å². The van der Waals surface area contributed by atoms with Crippen molar-refractivity contribution in [2.75, 3.05) is 14.1 Å². The SMILES string of the molecule is CCn1c(COC(=O)[C@@H](C)N2C(=O)c3ccc(C)cc3C2=O)nc2cc(S(=O)(=O)N(C)C)ccc21. The topological polar surface area (TPSA) is 119 Å². The van der Waals surface area contributed by atoms with Crippen molar-refractivity contribution in [1.82, 2.24) is 18.8 Å². The number of rotatable bonds is 7. The van der Waals surface area contributed by atoms with Crippen molar-refractivity contribution in [2.24, 2.45) is 0 Å². The average molecular weight is 499 g/mol. The number of nitrogens with zero attached hydrogens (tertiary/aromatic N) is 4. The third-order valence-corrected chi connectivity index (χ3v) is 7.85. The van der Waals surface area contributed by atoms with Gasteiger partial charge in [0.25, 0.3) is 11.8 Å². The number of benzene rings is 2. The van der Waals surface area contributed by atoms with Crippen molar-refractivity contribution >= 4 is 38.8 Å². The van der Waals surface area contributed by atoms with Crippen LogP contribution in [0.3, 0.4) is 0 Å². The molecule has 0 radical (unpaired) electrons. The van der Waals surface area contributed by atoms with Crippen LogP contribution < -0.4 is 0 Å². The number of esters is 1. The zero-order valence-corrected chi connectivity index (χ0v) is 20.9. The van der Waals surface area contributed by atoms with Crippen LogP contribution in [-0.4, -0.2) is 65.1 Å². The molecule has 2 heterocycles. The van der Waals surface area contributed by atoms with Gasteiger partial charge in [0.2, 0.25) is 10.0 Å². The quantitative estimate of drug-likeness (QED) is 0.362. The van der Waals surface area contributed by atoms with E-state index in [1.54, 1.807) is 24.3 Å². The van der Waals surface area contributed by atoms with Gasteiger partial charge in [0.15, 0.2) is 0 Å². The largest absolute Gasteiger partial charge is 0.456 e. The maximum absolute atomic E-state index is 12.8. The number of carbonyl (C=O) groups excluding carboxylic acids is 3. The molecule has 1 aromatic heterocycles. The molecule has 3 aromatic rings. The van der Waals surface area contributed by atoms with Gasteiger partial charge in [0.05, 0.1) is 27.1 Å². The predicted octanol–water partition coefficient (Wildman–Crippen LogP) is 2.34. The number of fused-ring (bicyclic) bond motifs is 2. The number of aryl methyl sites for hydroxylation is 2. The maximum Gasteiger partial charge on any atom is 0.329 e. The van der Waals surface area contributed by atoms with Gasteiger partial charge in [-0.3, -0.25) is 14.5 Å². The molecular weight excluding hydrogens is 472 g/mol. The second-order valence-corrected chi connectivity index (χ2v) is 10.7. The Bertz CT molecular complexity index is 1470. The molecule has 10 nitrogen and oxygen atoms in total. The summed E-state index contributed by atoms with van der Waals surface area (Å²) in [6.45, 7) is 5.45. The molecule has 0 fully saturated rings. The molecule has 11 heteroatoms. The Morgan fingerprint density at radius 2 is 1.77 bits per heavy atom. The van der Waals surface area contributed by atoms with E-state index in [4.69, 9.17) is 4.74 Å². The summed E-state index contributed by atoms with van der Waals surface area (Å²) in [6, 6.07) is 8.47. The molecule has 0 saturated heterocycles. The first-order valence-electron chi connectivity index (χ1n) is 11.0. The van der Waals surface area contributed by atoms with Crippen LogP contribution in [0, 0.1) is 6.92 Å². The molecule has 184 valence electrons. The van der Waals surface area contributed by atoms with Gasteiger partial charge in [-0.05, 0) is 51.1 Å². The second kappa shape index (κ2) is 8.90. The first-order chi connectivity index (χ1) is 16.5. The van der Waals surface area contributed by atoms with Crippen molar-refractivity contribution < 1.29 is 27.5 Å². The van der Waals surface area contributed by atoms with Crippen LogP contribution in [0.25, 0.3) is 11.0 Å². The van der Waals surface area contributed by atoms with E-state index in [-0.39, 0.29) is 22.6 Å². The Kier molecular flexibility index (Phi) is 6.24. The highest BCUT2D eigenvalue weighted by molar-refractivity contribution is 7.89. The van der Waals surface area contributed by atoms with E-state index in [1.807, 2.05) is 18.4 Å². The molecule has 2 aromatic carbocycles. The van der Waals surface area contributed by atoms with Crippen molar-refractivity contribution in [3.63, 3.8) is 0 Å². The number of amides is 2. The molecule has 0 saturated carbocycles.